The van der Waals surface area contributed by atoms with Crippen molar-refractivity contribution < 1.29 is 109 Å². The van der Waals surface area contributed by atoms with E-state index >= 15 is 0 Å². The third-order valence-electron chi connectivity index (χ3n) is 20.2. The van der Waals surface area contributed by atoms with E-state index in [9.17, 15) is 71.2 Å². The maximum atomic E-state index is 14.2. The van der Waals surface area contributed by atoms with Gasteiger partial charge in [-0.1, -0.05) is 39.8 Å². The summed E-state index contributed by atoms with van der Waals surface area (Å²) in [5.41, 5.74) is -3.30. The largest absolute Gasteiger partial charge is 0.394 e. The molecule has 0 aromatic rings. The Balaban J connectivity index is 1.03. The van der Waals surface area contributed by atoms with Crippen LogP contribution < -0.4 is 0 Å². The Bertz CT molecular complexity index is 1930. The van der Waals surface area contributed by atoms with Crippen LogP contribution in [0.5, 0.6) is 0 Å². The molecular weight excluding hydrogens is 977 g/mol. The zero-order valence-electron chi connectivity index (χ0n) is 43.5. The maximum absolute atomic E-state index is 14.2. The highest BCUT2D eigenvalue weighted by Gasteiger charge is 2.71. The number of carbonyl (C=O) groups is 1. The monoisotopic (exact) mass is 1060 g/mol. The van der Waals surface area contributed by atoms with Gasteiger partial charge in [0.25, 0.3) is 0 Å². The van der Waals surface area contributed by atoms with Crippen LogP contribution in [0.1, 0.15) is 106 Å². The summed E-state index contributed by atoms with van der Waals surface area (Å²) in [5.74, 6) is -0.680. The molecule has 4 saturated heterocycles. The molecule has 0 aromatic carbocycles. The number of aldehydes is 1. The van der Waals surface area contributed by atoms with Crippen molar-refractivity contribution in [3.05, 3.63) is 12.2 Å². The molecule has 8 rings (SSSR count). The van der Waals surface area contributed by atoms with Crippen LogP contribution in [-0.2, 0) is 42.7 Å². The van der Waals surface area contributed by atoms with Crippen LogP contribution >= 0.6 is 0 Å². The Hall–Kier alpha value is -1.43. The predicted octanol–water partition coefficient (Wildman–Crippen LogP) is -1.75. The lowest BCUT2D eigenvalue weighted by Crippen LogP contribution is -2.67. The van der Waals surface area contributed by atoms with Gasteiger partial charge in [0.15, 0.2) is 25.2 Å². The van der Waals surface area contributed by atoms with Gasteiger partial charge in [-0.15, -0.1) is 0 Å². The molecule has 0 unspecified atom stereocenters. The van der Waals surface area contributed by atoms with E-state index in [1.807, 2.05) is 0 Å². The van der Waals surface area contributed by atoms with Crippen LogP contribution in [-0.4, -0.2) is 228 Å². The van der Waals surface area contributed by atoms with Crippen molar-refractivity contribution in [3.63, 3.8) is 0 Å². The Morgan fingerprint density at radius 3 is 1.99 bits per heavy atom. The van der Waals surface area contributed by atoms with Crippen molar-refractivity contribution in [1.82, 2.24) is 0 Å². The molecule has 4 heterocycles. The van der Waals surface area contributed by atoms with Crippen molar-refractivity contribution in [3.8, 4) is 0 Å². The van der Waals surface area contributed by atoms with Gasteiger partial charge in [0.1, 0.15) is 85.6 Å². The number of aliphatic hydroxyl groups is 13. The zero-order chi connectivity index (χ0) is 54.2. The Kier molecular flexibility index (Phi) is 17.7. The minimum Gasteiger partial charge on any atom is -0.394 e. The van der Waals surface area contributed by atoms with E-state index in [0.717, 1.165) is 19.1 Å². The van der Waals surface area contributed by atoms with Crippen LogP contribution in [0.15, 0.2) is 12.2 Å². The first-order valence-corrected chi connectivity index (χ1v) is 26.8. The van der Waals surface area contributed by atoms with E-state index in [4.69, 9.17) is 37.9 Å². The molecule has 13 N–H and O–H groups in total. The van der Waals surface area contributed by atoms with Gasteiger partial charge in [0.2, 0.25) is 0 Å². The highest BCUT2D eigenvalue weighted by atomic mass is 16.8. The first-order chi connectivity index (χ1) is 34.7. The van der Waals surface area contributed by atoms with Crippen molar-refractivity contribution in [2.45, 2.75) is 234 Å². The number of aliphatic hydroxyl groups excluding tert-OH is 12. The fourth-order valence-electron chi connectivity index (χ4n) is 15.5. The van der Waals surface area contributed by atoms with E-state index in [1.165, 1.54) is 6.92 Å². The van der Waals surface area contributed by atoms with Gasteiger partial charge in [0, 0.05) is 5.41 Å². The van der Waals surface area contributed by atoms with E-state index < -0.39 is 152 Å². The third-order valence-corrected chi connectivity index (χ3v) is 20.2. The van der Waals surface area contributed by atoms with Gasteiger partial charge < -0.3 is 109 Å². The number of hydrogen-bond acceptors (Lipinski definition) is 22. The van der Waals surface area contributed by atoms with Crippen molar-refractivity contribution >= 4 is 6.29 Å². The van der Waals surface area contributed by atoms with Gasteiger partial charge in [-0.05, 0) is 118 Å². The third kappa shape index (κ3) is 10.1. The smallest absolute Gasteiger partial charge is 0.187 e. The molecule has 0 aromatic heterocycles. The second-order valence-electron chi connectivity index (χ2n) is 24.4. The van der Waals surface area contributed by atoms with E-state index in [1.54, 1.807) is 6.92 Å². The van der Waals surface area contributed by atoms with Crippen molar-refractivity contribution in [2.75, 3.05) is 26.4 Å². The highest BCUT2D eigenvalue weighted by molar-refractivity contribution is 5.62. The summed E-state index contributed by atoms with van der Waals surface area (Å²) >= 11 is 0. The summed E-state index contributed by atoms with van der Waals surface area (Å²) in [6, 6.07) is 0. The molecule has 22 nitrogen and oxygen atoms in total. The number of rotatable bonds is 16. The molecule has 28 atom stereocenters. The summed E-state index contributed by atoms with van der Waals surface area (Å²) in [4.78, 5) is 14.2. The molecule has 4 aliphatic heterocycles. The second-order valence-corrected chi connectivity index (χ2v) is 24.4. The lowest BCUT2D eigenvalue weighted by molar-refractivity contribution is -0.383. The van der Waals surface area contributed by atoms with Gasteiger partial charge in [-0.25, -0.2) is 0 Å². The molecular formula is C52H86O22. The molecule has 8 fully saturated rings. The molecule has 0 amide bonds. The molecule has 0 bridgehead atoms. The minimum absolute atomic E-state index is 0.0552. The van der Waals surface area contributed by atoms with Gasteiger partial charge >= 0.3 is 0 Å². The van der Waals surface area contributed by atoms with Crippen LogP contribution in [0.3, 0.4) is 0 Å². The number of ether oxygens (including phenoxy) is 8. The molecule has 8 aliphatic rings. The highest BCUT2D eigenvalue weighted by Crippen LogP contribution is 2.76. The van der Waals surface area contributed by atoms with E-state index in [0.29, 0.717) is 44.1 Å². The Morgan fingerprint density at radius 2 is 1.31 bits per heavy atom. The van der Waals surface area contributed by atoms with Gasteiger partial charge in [-0.2, -0.15) is 0 Å². The summed E-state index contributed by atoms with van der Waals surface area (Å²) in [6.45, 7) is 14.0. The van der Waals surface area contributed by atoms with Crippen molar-refractivity contribution in [2.24, 2.45) is 45.3 Å². The quantitative estimate of drug-likeness (QED) is 0.0463. The fourth-order valence-corrected chi connectivity index (χ4v) is 15.5. The van der Waals surface area contributed by atoms with Gasteiger partial charge in [-0.3, -0.25) is 0 Å². The fraction of sp³-hybridized carbons (Fsp3) is 0.942. The molecule has 22 heteroatoms. The molecule has 74 heavy (non-hydrogen) atoms. The molecule has 4 saturated carbocycles. The number of hydrogen-bond donors (Lipinski definition) is 13. The maximum Gasteiger partial charge on any atom is 0.187 e. The SMILES string of the molecule is C=C(C)[C@@H](O)CC[C@](O)(CO[C@@H]1O[C@H](CO)[C@@H](O)[C@H](O)[C@H]1O)[C@@H]1CC[C@]2(C)[C@@H]1CC[C@@H]1[C@@]3(C=O)CC[C@H](O[C@@H]4OC[C@H](O)[C@H](O[C@@H]5OC[C@@H](O)[C@H](O)[C@H]5O)[C@H]4O[C@@H]4O[C@@H](C)[C@H](O)[C@@H](O)[C@H]4O)C(C)(C)[C@H]3CC[C@]12C. The Labute approximate surface area is 432 Å². The van der Waals surface area contributed by atoms with Crippen molar-refractivity contribution in [1.29, 1.82) is 0 Å². The first-order valence-electron chi connectivity index (χ1n) is 26.8. The van der Waals surface area contributed by atoms with Crippen LogP contribution in [0, 0.1) is 45.3 Å². The van der Waals surface area contributed by atoms with E-state index in [2.05, 4.69) is 34.3 Å². The molecule has 4 aliphatic carbocycles. The second kappa shape index (κ2) is 22.2. The lowest BCUT2D eigenvalue weighted by Gasteiger charge is -2.69. The average molecular weight is 1060 g/mol. The predicted molar refractivity (Wildman–Crippen MR) is 255 cm³/mol. The lowest BCUT2D eigenvalue weighted by atomic mass is 9.35. The topological polar surface area (TPSA) is 354 Å². The number of fused-ring (bicyclic) bond motifs is 5. The first kappa shape index (κ1) is 58.7. The van der Waals surface area contributed by atoms with Gasteiger partial charge in [0.05, 0.1) is 50.3 Å². The molecule has 0 radical (unpaired) electrons. The minimum atomic E-state index is -1.77. The zero-order valence-corrected chi connectivity index (χ0v) is 43.5. The van der Waals surface area contributed by atoms with Crippen LogP contribution in [0.4, 0.5) is 0 Å². The van der Waals surface area contributed by atoms with Crippen LogP contribution in [0.25, 0.3) is 0 Å². The van der Waals surface area contributed by atoms with E-state index in [-0.39, 0.29) is 60.6 Å². The standard InChI is InChI=1S/C52H86O22/c1-23(2)27(55)11-17-52(66,22-69-45-40(64)38(62)36(60)30(18-53)71-45)26-10-14-49(6)25(26)8-9-32-50(49,7)15-12-31-48(4,5)33(13-16-51(31,32)21-54)72-47-43(74-46-41(65)37(61)34(58)24(3)70-46)42(29(57)20-68-47)73-44-39(63)35(59)28(56)19-67-44/h21,24-47,53,55-66H,1,8-20,22H2,2-7H3/t24-,25+,26+,27-,28+,29-,30+,31+,32-,33-,34-,35-,36+,37+,38-,39+,40+,41+,42-,43+,44-,45+,46-,47-,49+,50+,51+,52-/m0/s1. The normalized spacial score (nSPS) is 51.7. The summed E-state index contributed by atoms with van der Waals surface area (Å²) in [6.07, 6.45) is -22.4. The summed E-state index contributed by atoms with van der Waals surface area (Å²) < 4.78 is 48.6. The Morgan fingerprint density at radius 1 is 0.689 bits per heavy atom. The average Bonchev–Trinajstić information content (AvgIpc) is 3.74. The molecule has 0 spiro atoms. The molecule has 426 valence electrons. The summed E-state index contributed by atoms with van der Waals surface area (Å²) in [7, 11) is 0. The van der Waals surface area contributed by atoms with Crippen LogP contribution in [0.2, 0.25) is 0 Å². The summed E-state index contributed by atoms with van der Waals surface area (Å²) in [5, 5.41) is 140. The number of carbonyl (C=O) groups excluding carboxylic acids is 1.